The lowest BCUT2D eigenvalue weighted by atomic mass is 10.3. The molecule has 12 heteroatoms. The van der Waals surface area contributed by atoms with Crippen LogP contribution in [0.25, 0.3) is 5.65 Å². The molecule has 0 aliphatic heterocycles. The molecular weight excluding hydrogens is 462 g/mol. The predicted octanol–water partition coefficient (Wildman–Crippen LogP) is 3.69. The maximum absolute atomic E-state index is 9.81. The van der Waals surface area contributed by atoms with Crippen LogP contribution in [-0.4, -0.2) is 46.4 Å². The quantitative estimate of drug-likeness (QED) is 0.303. The number of anilines is 2. The molecule has 1 atom stereocenters. The monoisotopic (exact) mass is 479 g/mol. The van der Waals surface area contributed by atoms with Crippen LogP contribution in [-0.2, 0) is 0 Å². The Morgan fingerprint density at radius 3 is 3.00 bits per heavy atom. The lowest BCUT2D eigenvalue weighted by molar-refractivity contribution is 0.0928. The van der Waals surface area contributed by atoms with E-state index in [9.17, 15) is 5.11 Å². The zero-order valence-electron chi connectivity index (χ0n) is 16.9. The molecule has 0 spiro atoms. The maximum Gasteiger partial charge on any atom is 0.188 e. The van der Waals surface area contributed by atoms with Crippen molar-refractivity contribution in [1.82, 2.24) is 29.5 Å². The normalized spacial score (nSPS) is 12.1. The highest BCUT2D eigenvalue weighted by molar-refractivity contribution is 7.99. The van der Waals surface area contributed by atoms with Crippen molar-refractivity contribution in [3.63, 3.8) is 0 Å². The van der Waals surface area contributed by atoms with Gasteiger partial charge in [0.25, 0.3) is 0 Å². The van der Waals surface area contributed by atoms with Crippen molar-refractivity contribution in [2.24, 2.45) is 0 Å². The van der Waals surface area contributed by atoms with E-state index >= 15 is 0 Å². The lowest BCUT2D eigenvalue weighted by Gasteiger charge is -2.12. The van der Waals surface area contributed by atoms with Crippen molar-refractivity contribution in [1.29, 1.82) is 0 Å². The molecule has 5 aromatic heterocycles. The first-order chi connectivity index (χ1) is 16.2. The summed E-state index contributed by atoms with van der Waals surface area (Å²) in [6.45, 7) is -0.402. The summed E-state index contributed by atoms with van der Waals surface area (Å²) >= 11 is 2.75. The summed E-state index contributed by atoms with van der Waals surface area (Å²) in [7, 11) is 0. The highest BCUT2D eigenvalue weighted by atomic mass is 32.2. The average molecular weight is 480 g/mol. The van der Waals surface area contributed by atoms with Crippen LogP contribution >= 0.6 is 23.1 Å². The first kappa shape index (κ1) is 21.3. The van der Waals surface area contributed by atoms with Crippen LogP contribution in [0.1, 0.15) is 11.8 Å². The highest BCUT2D eigenvalue weighted by Crippen LogP contribution is 2.36. The summed E-state index contributed by atoms with van der Waals surface area (Å²) < 4.78 is 7.92. The topological polar surface area (TPSA) is 131 Å². The fraction of sp³-hybridized carbons (Fsp3) is 0.0952. The molecule has 5 aromatic rings. The van der Waals surface area contributed by atoms with Gasteiger partial charge in [-0.3, -0.25) is 4.40 Å². The number of fused-ring (bicyclic) bond motifs is 1. The SMILES string of the molecule is OCC(O)c1csc(Nc2ncc(Sc3ccccn3)cc2Oc2ccc3nncn3c2)n1. The van der Waals surface area contributed by atoms with Gasteiger partial charge in [0.05, 0.1) is 18.5 Å². The minimum Gasteiger partial charge on any atom is -0.452 e. The molecule has 5 heterocycles. The van der Waals surface area contributed by atoms with Crippen molar-refractivity contribution in [3.8, 4) is 11.5 Å². The molecule has 5 rings (SSSR count). The second kappa shape index (κ2) is 9.50. The van der Waals surface area contributed by atoms with Gasteiger partial charge >= 0.3 is 0 Å². The van der Waals surface area contributed by atoms with Crippen LogP contribution in [0.2, 0.25) is 0 Å². The summed E-state index contributed by atoms with van der Waals surface area (Å²) in [4.78, 5) is 14.0. The molecule has 166 valence electrons. The Bertz CT molecular complexity index is 1380. The van der Waals surface area contributed by atoms with Gasteiger partial charge in [0.1, 0.15) is 23.2 Å². The van der Waals surface area contributed by atoms with Crippen molar-refractivity contribution >= 4 is 39.7 Å². The third kappa shape index (κ3) is 4.93. The number of thiazole rings is 1. The van der Waals surface area contributed by atoms with Crippen molar-refractivity contribution in [2.45, 2.75) is 16.0 Å². The van der Waals surface area contributed by atoms with Crippen LogP contribution < -0.4 is 10.1 Å². The number of aliphatic hydroxyl groups is 2. The highest BCUT2D eigenvalue weighted by Gasteiger charge is 2.15. The first-order valence-corrected chi connectivity index (χ1v) is 11.4. The minimum absolute atomic E-state index is 0.382. The van der Waals surface area contributed by atoms with Crippen LogP contribution in [0, 0.1) is 0 Å². The van der Waals surface area contributed by atoms with Crippen LogP contribution in [0.5, 0.6) is 11.5 Å². The third-order valence-electron chi connectivity index (χ3n) is 4.44. The van der Waals surface area contributed by atoms with Crippen LogP contribution in [0.4, 0.5) is 10.9 Å². The Labute approximate surface area is 196 Å². The standard InChI is InChI=1S/C21H17N7O3S2/c29-10-16(30)15-11-32-21(25-15)26-20-17(31-13-4-5-18-27-24-12-28(18)9-13)7-14(8-23-20)33-19-3-1-2-6-22-19/h1-9,11-12,16,29-30H,10H2,(H,23,25,26). The smallest absolute Gasteiger partial charge is 0.188 e. The molecule has 0 aliphatic carbocycles. The van der Waals surface area contributed by atoms with Gasteiger partial charge in [-0.1, -0.05) is 17.8 Å². The number of aliphatic hydroxyl groups excluding tert-OH is 2. The van der Waals surface area contributed by atoms with Crippen LogP contribution in [0.15, 0.2) is 76.6 Å². The van der Waals surface area contributed by atoms with E-state index in [2.05, 4.69) is 30.5 Å². The van der Waals surface area contributed by atoms with E-state index < -0.39 is 12.7 Å². The van der Waals surface area contributed by atoms with Gasteiger partial charge in [0.2, 0.25) is 0 Å². The van der Waals surface area contributed by atoms with E-state index in [4.69, 9.17) is 9.84 Å². The zero-order valence-corrected chi connectivity index (χ0v) is 18.6. The fourth-order valence-corrected chi connectivity index (χ4v) is 4.40. The van der Waals surface area contributed by atoms with Crippen molar-refractivity contribution < 1.29 is 14.9 Å². The van der Waals surface area contributed by atoms with E-state index in [1.54, 1.807) is 46.8 Å². The fourth-order valence-electron chi connectivity index (χ4n) is 2.87. The number of rotatable bonds is 8. The van der Waals surface area contributed by atoms with E-state index in [0.717, 1.165) is 9.92 Å². The van der Waals surface area contributed by atoms with Crippen LogP contribution in [0.3, 0.4) is 0 Å². The third-order valence-corrected chi connectivity index (χ3v) is 6.13. The molecule has 0 bridgehead atoms. The van der Waals surface area contributed by atoms with Gasteiger partial charge in [0, 0.05) is 28.7 Å². The Kier molecular flexibility index (Phi) is 6.13. The Hall–Kier alpha value is -3.58. The number of hydrogen-bond donors (Lipinski definition) is 3. The Balaban J connectivity index is 1.46. The molecule has 0 radical (unpaired) electrons. The largest absolute Gasteiger partial charge is 0.452 e. The summed E-state index contributed by atoms with van der Waals surface area (Å²) in [5.74, 6) is 1.49. The van der Waals surface area contributed by atoms with E-state index in [1.165, 1.54) is 23.1 Å². The van der Waals surface area contributed by atoms with E-state index in [1.807, 2.05) is 24.3 Å². The number of aromatic nitrogens is 6. The molecule has 3 N–H and O–H groups in total. The lowest BCUT2D eigenvalue weighted by Crippen LogP contribution is -2.03. The van der Waals surface area contributed by atoms with Gasteiger partial charge in [-0.25, -0.2) is 15.0 Å². The molecular formula is C21H17N7O3S2. The second-order valence-corrected chi connectivity index (χ2v) is 8.70. The van der Waals surface area contributed by atoms with Gasteiger partial charge in [-0.15, -0.1) is 21.5 Å². The number of pyridine rings is 3. The van der Waals surface area contributed by atoms with Gasteiger partial charge in [-0.05, 0) is 24.3 Å². The number of nitrogens with one attached hydrogen (secondary N) is 1. The number of hydrogen-bond acceptors (Lipinski definition) is 11. The van der Waals surface area contributed by atoms with Gasteiger partial charge in [0.15, 0.2) is 22.3 Å². The maximum atomic E-state index is 9.81. The second-order valence-electron chi connectivity index (χ2n) is 6.75. The molecule has 0 saturated heterocycles. The first-order valence-electron chi connectivity index (χ1n) is 9.75. The molecule has 0 amide bonds. The molecule has 1 unspecified atom stereocenters. The number of ether oxygens (including phenoxy) is 1. The van der Waals surface area contributed by atoms with Crippen molar-refractivity contribution in [3.05, 3.63) is 72.4 Å². The molecule has 0 aromatic carbocycles. The van der Waals surface area contributed by atoms with Gasteiger partial charge < -0.3 is 20.3 Å². The number of nitrogens with zero attached hydrogens (tertiary/aromatic N) is 6. The zero-order chi connectivity index (χ0) is 22.6. The summed E-state index contributed by atoms with van der Waals surface area (Å²) in [6.07, 6.45) is 5.79. The average Bonchev–Trinajstić information content (AvgIpc) is 3.50. The summed E-state index contributed by atoms with van der Waals surface area (Å²) in [5.41, 5.74) is 1.09. The van der Waals surface area contributed by atoms with Crippen molar-refractivity contribution in [2.75, 3.05) is 11.9 Å². The molecule has 10 nitrogen and oxygen atoms in total. The Morgan fingerprint density at radius 2 is 2.15 bits per heavy atom. The van der Waals surface area contributed by atoms with E-state index in [0.29, 0.717) is 33.8 Å². The predicted molar refractivity (Wildman–Crippen MR) is 123 cm³/mol. The summed E-state index contributed by atoms with van der Waals surface area (Å²) in [6, 6.07) is 11.2. The molecule has 33 heavy (non-hydrogen) atoms. The Morgan fingerprint density at radius 1 is 1.21 bits per heavy atom. The summed E-state index contributed by atoms with van der Waals surface area (Å²) in [5, 5.41) is 33.0. The van der Waals surface area contributed by atoms with Gasteiger partial charge in [-0.2, -0.15) is 0 Å². The molecule has 0 aliphatic rings. The van der Waals surface area contributed by atoms with E-state index in [-0.39, 0.29) is 0 Å². The minimum atomic E-state index is -1.03. The molecule has 0 fully saturated rings. The molecule has 0 saturated carbocycles.